The van der Waals surface area contributed by atoms with E-state index in [9.17, 15) is 24.6 Å². The van der Waals surface area contributed by atoms with Crippen LogP contribution < -0.4 is 0 Å². The lowest BCUT2D eigenvalue weighted by Gasteiger charge is -2.37. The SMILES string of the molecule is C=CCN(CCN1CCOCC1)C(=O)[C@H]1N(CCCO)C(=O)[C@@H]2[C@@H](C(=O)O)[C@H]3CC[C@]21O3. The molecule has 0 unspecified atom stereocenters. The summed E-state index contributed by atoms with van der Waals surface area (Å²) in [5.74, 6) is -3.44. The summed E-state index contributed by atoms with van der Waals surface area (Å²) >= 11 is 0. The van der Waals surface area contributed by atoms with Gasteiger partial charge in [-0.25, -0.2) is 0 Å². The normalized spacial score (nSPS) is 34.0. The summed E-state index contributed by atoms with van der Waals surface area (Å²) in [6.45, 7) is 8.26. The average molecular weight is 452 g/mol. The maximum atomic E-state index is 13.9. The van der Waals surface area contributed by atoms with Crippen LogP contribution in [0.1, 0.15) is 19.3 Å². The molecule has 0 aliphatic carbocycles. The minimum atomic E-state index is -1.12. The lowest BCUT2D eigenvalue weighted by Crippen LogP contribution is -2.57. The van der Waals surface area contributed by atoms with E-state index in [0.29, 0.717) is 52.1 Å². The van der Waals surface area contributed by atoms with Crippen molar-refractivity contribution < 1.29 is 34.1 Å². The molecule has 5 atom stereocenters. The van der Waals surface area contributed by atoms with E-state index in [1.165, 1.54) is 4.90 Å². The van der Waals surface area contributed by atoms with Crippen molar-refractivity contribution in [2.45, 2.75) is 37.0 Å². The van der Waals surface area contributed by atoms with E-state index in [-0.39, 0.29) is 25.0 Å². The zero-order valence-corrected chi connectivity index (χ0v) is 18.4. The monoisotopic (exact) mass is 451 g/mol. The molecule has 2 bridgehead atoms. The molecule has 10 heteroatoms. The molecule has 4 heterocycles. The van der Waals surface area contributed by atoms with Crippen molar-refractivity contribution in [1.82, 2.24) is 14.7 Å². The summed E-state index contributed by atoms with van der Waals surface area (Å²) in [6, 6.07) is -0.884. The summed E-state index contributed by atoms with van der Waals surface area (Å²) in [7, 11) is 0. The highest BCUT2D eigenvalue weighted by Crippen LogP contribution is 2.58. The lowest BCUT2D eigenvalue weighted by molar-refractivity contribution is -0.151. The minimum Gasteiger partial charge on any atom is -0.481 e. The van der Waals surface area contributed by atoms with Crippen LogP contribution in [0.25, 0.3) is 0 Å². The van der Waals surface area contributed by atoms with Crippen LogP contribution in [0.5, 0.6) is 0 Å². The topological polar surface area (TPSA) is 120 Å². The molecule has 4 aliphatic heterocycles. The Morgan fingerprint density at radius 3 is 2.69 bits per heavy atom. The fourth-order valence-electron chi connectivity index (χ4n) is 5.90. The Balaban J connectivity index is 1.60. The first-order valence-electron chi connectivity index (χ1n) is 11.5. The summed E-state index contributed by atoms with van der Waals surface area (Å²) in [4.78, 5) is 44.6. The molecule has 4 rings (SSSR count). The lowest BCUT2D eigenvalue weighted by atomic mass is 9.70. The number of hydrogen-bond donors (Lipinski definition) is 2. The Morgan fingerprint density at radius 2 is 2.03 bits per heavy atom. The number of carbonyl (C=O) groups is 3. The van der Waals surface area contributed by atoms with Gasteiger partial charge in [0.15, 0.2) is 0 Å². The number of carbonyl (C=O) groups excluding carboxylic acids is 2. The van der Waals surface area contributed by atoms with Crippen molar-refractivity contribution in [3.05, 3.63) is 12.7 Å². The second-order valence-corrected chi connectivity index (χ2v) is 9.03. The van der Waals surface area contributed by atoms with Crippen LogP contribution in [0.4, 0.5) is 0 Å². The predicted octanol–water partition coefficient (Wildman–Crippen LogP) is -0.825. The Morgan fingerprint density at radius 1 is 1.28 bits per heavy atom. The summed E-state index contributed by atoms with van der Waals surface area (Å²) in [5, 5.41) is 19.1. The maximum Gasteiger partial charge on any atom is 0.310 e. The first-order chi connectivity index (χ1) is 15.4. The number of carboxylic acid groups (broad SMARTS) is 1. The molecule has 0 saturated carbocycles. The Kier molecular flexibility index (Phi) is 6.85. The van der Waals surface area contributed by atoms with Gasteiger partial charge >= 0.3 is 5.97 Å². The second-order valence-electron chi connectivity index (χ2n) is 9.03. The number of ether oxygens (including phenoxy) is 2. The van der Waals surface area contributed by atoms with E-state index in [1.54, 1.807) is 11.0 Å². The molecule has 10 nitrogen and oxygen atoms in total. The van der Waals surface area contributed by atoms with Crippen molar-refractivity contribution in [3.8, 4) is 0 Å². The summed E-state index contributed by atoms with van der Waals surface area (Å²) < 4.78 is 11.6. The first-order valence-corrected chi connectivity index (χ1v) is 11.5. The van der Waals surface area contributed by atoms with E-state index in [1.807, 2.05) is 0 Å². The van der Waals surface area contributed by atoms with E-state index in [2.05, 4.69) is 11.5 Å². The minimum absolute atomic E-state index is 0.123. The van der Waals surface area contributed by atoms with Gasteiger partial charge in [-0.2, -0.15) is 0 Å². The molecule has 178 valence electrons. The molecule has 4 aliphatic rings. The van der Waals surface area contributed by atoms with Crippen molar-refractivity contribution in [2.75, 3.05) is 59.1 Å². The van der Waals surface area contributed by atoms with Gasteiger partial charge in [-0.15, -0.1) is 6.58 Å². The molecule has 4 saturated heterocycles. The molecule has 2 amide bonds. The highest BCUT2D eigenvalue weighted by molar-refractivity contribution is 5.98. The quantitative estimate of drug-likeness (QED) is 0.413. The van der Waals surface area contributed by atoms with Crippen molar-refractivity contribution in [2.24, 2.45) is 11.8 Å². The molecule has 2 N–H and O–H groups in total. The van der Waals surface area contributed by atoms with Gasteiger partial charge in [-0.3, -0.25) is 19.3 Å². The fourth-order valence-corrected chi connectivity index (χ4v) is 5.90. The van der Waals surface area contributed by atoms with Crippen molar-refractivity contribution in [3.63, 3.8) is 0 Å². The molecular formula is C22H33N3O7. The number of nitrogens with zero attached hydrogens (tertiary/aromatic N) is 3. The van der Waals surface area contributed by atoms with Crippen molar-refractivity contribution in [1.29, 1.82) is 0 Å². The Hall–Kier alpha value is -2.01. The number of likely N-dealkylation sites (tertiary alicyclic amines) is 1. The molecule has 1 spiro atoms. The van der Waals surface area contributed by atoms with E-state index < -0.39 is 35.6 Å². The maximum absolute atomic E-state index is 13.9. The van der Waals surface area contributed by atoms with Crippen LogP contribution in [0.15, 0.2) is 12.7 Å². The standard InChI is InChI=1S/C22H33N3O7/c1-2-6-24(9-8-23-10-13-31-14-11-23)20(28)18-22-5-4-15(32-22)16(21(29)30)17(22)19(27)25(18)7-3-12-26/h2,15-18,26H,1,3-14H2,(H,29,30)/t15-,16+,17+,18-,22+/m1/s1. The molecule has 0 aromatic rings. The largest absolute Gasteiger partial charge is 0.481 e. The molecule has 4 fully saturated rings. The third kappa shape index (κ3) is 3.83. The van der Waals surface area contributed by atoms with Gasteiger partial charge in [0.25, 0.3) is 0 Å². The molecular weight excluding hydrogens is 418 g/mol. The molecule has 32 heavy (non-hydrogen) atoms. The van der Waals surface area contributed by atoms with Gasteiger partial charge in [0.1, 0.15) is 11.6 Å². The van der Waals surface area contributed by atoms with Gasteiger partial charge < -0.3 is 29.5 Å². The highest BCUT2D eigenvalue weighted by atomic mass is 16.5. The smallest absolute Gasteiger partial charge is 0.310 e. The number of aliphatic carboxylic acids is 1. The zero-order chi connectivity index (χ0) is 22.9. The van der Waals surface area contributed by atoms with Crippen LogP contribution in [0.3, 0.4) is 0 Å². The van der Waals surface area contributed by atoms with E-state index in [4.69, 9.17) is 9.47 Å². The van der Waals surface area contributed by atoms with Gasteiger partial charge in [0, 0.05) is 45.9 Å². The van der Waals surface area contributed by atoms with Gasteiger partial charge in [-0.1, -0.05) is 6.08 Å². The number of morpholine rings is 1. The Labute approximate surface area is 187 Å². The zero-order valence-electron chi connectivity index (χ0n) is 18.4. The summed E-state index contributed by atoms with van der Waals surface area (Å²) in [6.07, 6.45) is 2.43. The fraction of sp³-hybridized carbons (Fsp3) is 0.773. The number of hydrogen-bond acceptors (Lipinski definition) is 7. The number of aliphatic hydroxyl groups excluding tert-OH is 1. The van der Waals surface area contributed by atoms with Crippen LogP contribution in [0, 0.1) is 11.8 Å². The number of fused-ring (bicyclic) bond motifs is 1. The molecule has 0 radical (unpaired) electrons. The first kappa shape index (κ1) is 23.2. The van der Waals surface area contributed by atoms with Gasteiger partial charge in [0.05, 0.1) is 31.2 Å². The average Bonchev–Trinajstić information content (AvgIpc) is 3.43. The van der Waals surface area contributed by atoms with Crippen LogP contribution >= 0.6 is 0 Å². The van der Waals surface area contributed by atoms with Gasteiger partial charge in [-0.05, 0) is 19.3 Å². The highest BCUT2D eigenvalue weighted by Gasteiger charge is 2.74. The summed E-state index contributed by atoms with van der Waals surface area (Å²) in [5.41, 5.74) is -1.12. The third-order valence-corrected chi connectivity index (χ3v) is 7.33. The van der Waals surface area contributed by atoms with Crippen LogP contribution in [0.2, 0.25) is 0 Å². The second kappa shape index (κ2) is 9.46. The van der Waals surface area contributed by atoms with Crippen molar-refractivity contribution >= 4 is 17.8 Å². The predicted molar refractivity (Wildman–Crippen MR) is 113 cm³/mol. The molecule has 0 aromatic carbocycles. The van der Waals surface area contributed by atoms with E-state index >= 15 is 0 Å². The number of aliphatic hydroxyl groups is 1. The van der Waals surface area contributed by atoms with Gasteiger partial charge in [0.2, 0.25) is 11.8 Å². The van der Waals surface area contributed by atoms with Crippen LogP contribution in [-0.4, -0.2) is 120 Å². The van der Waals surface area contributed by atoms with Crippen LogP contribution in [-0.2, 0) is 23.9 Å². The number of carboxylic acids is 1. The third-order valence-electron chi connectivity index (χ3n) is 7.33. The molecule has 0 aromatic heterocycles. The number of rotatable bonds is 10. The Bertz CT molecular complexity index is 756. The number of amides is 2. The van der Waals surface area contributed by atoms with E-state index in [0.717, 1.165) is 13.1 Å².